The Bertz CT molecular complexity index is 335. The number of carboxylic acids is 1. The molecule has 7 nitrogen and oxygen atoms in total. The van der Waals surface area contributed by atoms with Gasteiger partial charge in [-0.15, -0.1) is 0 Å². The molecule has 0 unspecified atom stereocenters. The molecule has 1 saturated heterocycles. The standard InChI is InChI=1S/C12H23N3O4/c1-13(2)5-4-6-14(3)12(19)15-8-9(16)7-10(15)11(17)18/h9-10,16H,4-8H2,1-3H3,(H,17,18)/t9-,10+/m1/s1. The Balaban J connectivity index is 2.53. The second kappa shape index (κ2) is 6.72. The van der Waals surface area contributed by atoms with Crippen molar-refractivity contribution in [2.75, 3.05) is 40.8 Å². The Morgan fingerprint density at radius 3 is 2.42 bits per heavy atom. The summed E-state index contributed by atoms with van der Waals surface area (Å²) < 4.78 is 0. The van der Waals surface area contributed by atoms with Crippen LogP contribution in [0.15, 0.2) is 0 Å². The molecule has 2 amide bonds. The lowest BCUT2D eigenvalue weighted by Gasteiger charge is -2.27. The molecule has 0 aromatic heterocycles. The zero-order valence-electron chi connectivity index (χ0n) is 11.7. The second-order valence-electron chi connectivity index (χ2n) is 5.26. The van der Waals surface area contributed by atoms with E-state index in [0.717, 1.165) is 13.0 Å². The molecule has 0 aromatic carbocycles. The SMILES string of the molecule is CN(C)CCCN(C)C(=O)N1C[C@H](O)C[C@H]1C(=O)O. The summed E-state index contributed by atoms with van der Waals surface area (Å²) in [5, 5.41) is 18.6. The van der Waals surface area contributed by atoms with Crippen molar-refractivity contribution in [1.29, 1.82) is 0 Å². The van der Waals surface area contributed by atoms with Gasteiger partial charge in [-0.05, 0) is 27.1 Å². The molecule has 1 fully saturated rings. The average molecular weight is 273 g/mol. The summed E-state index contributed by atoms with van der Waals surface area (Å²) >= 11 is 0. The van der Waals surface area contributed by atoms with Gasteiger partial charge in [-0.25, -0.2) is 9.59 Å². The molecule has 0 saturated carbocycles. The third kappa shape index (κ3) is 4.36. The highest BCUT2D eigenvalue weighted by atomic mass is 16.4. The van der Waals surface area contributed by atoms with Gasteiger partial charge < -0.3 is 24.9 Å². The van der Waals surface area contributed by atoms with Gasteiger partial charge in [0, 0.05) is 26.6 Å². The second-order valence-corrected chi connectivity index (χ2v) is 5.26. The first-order valence-corrected chi connectivity index (χ1v) is 6.40. The highest BCUT2D eigenvalue weighted by Gasteiger charge is 2.39. The maximum absolute atomic E-state index is 12.1. The minimum Gasteiger partial charge on any atom is -0.480 e. The number of hydrogen-bond acceptors (Lipinski definition) is 4. The number of amides is 2. The van der Waals surface area contributed by atoms with Crippen LogP contribution < -0.4 is 0 Å². The number of aliphatic hydroxyl groups is 1. The lowest BCUT2D eigenvalue weighted by molar-refractivity contribution is -0.141. The molecular formula is C12H23N3O4. The number of aliphatic carboxylic acids is 1. The topological polar surface area (TPSA) is 84.3 Å². The number of rotatable bonds is 5. The number of carboxylic acid groups (broad SMARTS) is 1. The summed E-state index contributed by atoms with van der Waals surface area (Å²) in [5.41, 5.74) is 0. The van der Waals surface area contributed by atoms with E-state index in [4.69, 9.17) is 5.11 Å². The maximum atomic E-state index is 12.1. The van der Waals surface area contributed by atoms with Gasteiger partial charge in [0.1, 0.15) is 6.04 Å². The van der Waals surface area contributed by atoms with Crippen molar-refractivity contribution in [3.8, 4) is 0 Å². The fraction of sp³-hybridized carbons (Fsp3) is 0.833. The predicted octanol–water partition coefficient (Wildman–Crippen LogP) is -0.490. The molecule has 0 aromatic rings. The monoisotopic (exact) mass is 273 g/mol. The van der Waals surface area contributed by atoms with E-state index in [9.17, 15) is 14.7 Å². The van der Waals surface area contributed by atoms with Gasteiger partial charge in [-0.2, -0.15) is 0 Å². The third-order valence-electron chi connectivity index (χ3n) is 3.24. The molecular weight excluding hydrogens is 250 g/mol. The van der Waals surface area contributed by atoms with Crippen molar-refractivity contribution >= 4 is 12.0 Å². The van der Waals surface area contributed by atoms with Crippen LogP contribution in [-0.2, 0) is 4.79 Å². The molecule has 1 aliphatic heterocycles. The summed E-state index contributed by atoms with van der Waals surface area (Å²) in [6.07, 6.45) is 0.177. The number of aliphatic hydroxyl groups excluding tert-OH is 1. The molecule has 2 atom stereocenters. The summed E-state index contributed by atoms with van der Waals surface area (Å²) in [6, 6.07) is -1.25. The molecule has 1 rings (SSSR count). The lowest BCUT2D eigenvalue weighted by Crippen LogP contribution is -2.47. The number of hydrogen-bond donors (Lipinski definition) is 2. The first-order valence-electron chi connectivity index (χ1n) is 6.40. The van der Waals surface area contributed by atoms with Crippen molar-refractivity contribution in [1.82, 2.24) is 14.7 Å². The number of nitrogens with zero attached hydrogens (tertiary/aromatic N) is 3. The Kier molecular flexibility index (Phi) is 5.56. The van der Waals surface area contributed by atoms with Gasteiger partial charge in [0.05, 0.1) is 6.10 Å². The van der Waals surface area contributed by atoms with Gasteiger partial charge in [0.2, 0.25) is 0 Å². The molecule has 0 aliphatic carbocycles. The lowest BCUT2D eigenvalue weighted by atomic mass is 10.2. The Hall–Kier alpha value is -1.34. The van der Waals surface area contributed by atoms with Crippen molar-refractivity contribution in [3.05, 3.63) is 0 Å². The molecule has 110 valence electrons. The van der Waals surface area contributed by atoms with Crippen LogP contribution in [0.5, 0.6) is 0 Å². The summed E-state index contributed by atoms with van der Waals surface area (Å²) in [4.78, 5) is 28.0. The highest BCUT2D eigenvalue weighted by Crippen LogP contribution is 2.19. The van der Waals surface area contributed by atoms with E-state index in [1.165, 1.54) is 9.80 Å². The molecule has 1 heterocycles. The van der Waals surface area contributed by atoms with E-state index in [0.29, 0.717) is 6.54 Å². The van der Waals surface area contributed by atoms with Crippen molar-refractivity contribution in [3.63, 3.8) is 0 Å². The van der Waals surface area contributed by atoms with Gasteiger partial charge in [0.15, 0.2) is 0 Å². The third-order valence-corrected chi connectivity index (χ3v) is 3.24. The van der Waals surface area contributed by atoms with E-state index in [-0.39, 0.29) is 19.0 Å². The van der Waals surface area contributed by atoms with Gasteiger partial charge in [-0.3, -0.25) is 0 Å². The van der Waals surface area contributed by atoms with E-state index in [2.05, 4.69) is 0 Å². The largest absolute Gasteiger partial charge is 0.480 e. The van der Waals surface area contributed by atoms with Crippen LogP contribution in [0.25, 0.3) is 0 Å². The molecule has 7 heteroatoms. The van der Waals surface area contributed by atoms with Crippen molar-refractivity contribution in [2.45, 2.75) is 25.0 Å². The van der Waals surface area contributed by atoms with Crippen molar-refractivity contribution in [2.24, 2.45) is 0 Å². The van der Waals surface area contributed by atoms with Crippen LogP contribution >= 0.6 is 0 Å². The molecule has 0 spiro atoms. The van der Waals surface area contributed by atoms with Gasteiger partial charge >= 0.3 is 12.0 Å². The Labute approximate surface area is 113 Å². The minimum absolute atomic E-state index is 0.0911. The average Bonchev–Trinajstić information content (AvgIpc) is 2.69. The zero-order chi connectivity index (χ0) is 14.6. The van der Waals surface area contributed by atoms with E-state index >= 15 is 0 Å². The van der Waals surface area contributed by atoms with E-state index in [1.54, 1.807) is 7.05 Å². The number of likely N-dealkylation sites (tertiary alicyclic amines) is 1. The van der Waals surface area contributed by atoms with Crippen LogP contribution in [0.2, 0.25) is 0 Å². The first-order chi connectivity index (χ1) is 8.82. The number of β-amino-alcohol motifs (C(OH)–C–C–N with tert-alkyl or cyclic N) is 1. The molecule has 0 radical (unpaired) electrons. The maximum Gasteiger partial charge on any atom is 0.326 e. The summed E-state index contributed by atoms with van der Waals surface area (Å²) in [5.74, 6) is -1.06. The van der Waals surface area contributed by atoms with Crippen LogP contribution in [0.4, 0.5) is 4.79 Å². The Morgan fingerprint density at radius 2 is 1.89 bits per heavy atom. The van der Waals surface area contributed by atoms with Crippen LogP contribution in [0.3, 0.4) is 0 Å². The summed E-state index contributed by atoms with van der Waals surface area (Å²) in [6.45, 7) is 1.52. The normalized spacial score (nSPS) is 22.9. The first kappa shape index (κ1) is 15.7. The number of urea groups is 1. The summed E-state index contributed by atoms with van der Waals surface area (Å²) in [7, 11) is 5.57. The minimum atomic E-state index is -1.06. The predicted molar refractivity (Wildman–Crippen MR) is 70.0 cm³/mol. The number of carbonyl (C=O) groups excluding carboxylic acids is 1. The van der Waals surface area contributed by atoms with E-state index < -0.39 is 18.1 Å². The van der Waals surface area contributed by atoms with E-state index in [1.807, 2.05) is 19.0 Å². The molecule has 1 aliphatic rings. The highest BCUT2D eigenvalue weighted by molar-refractivity contribution is 5.83. The smallest absolute Gasteiger partial charge is 0.326 e. The number of carbonyl (C=O) groups is 2. The zero-order valence-corrected chi connectivity index (χ0v) is 11.7. The van der Waals surface area contributed by atoms with Gasteiger partial charge in [-0.1, -0.05) is 0 Å². The van der Waals surface area contributed by atoms with Crippen LogP contribution in [0, 0.1) is 0 Å². The molecule has 2 N–H and O–H groups in total. The fourth-order valence-electron chi connectivity index (χ4n) is 2.20. The van der Waals surface area contributed by atoms with Crippen LogP contribution in [0.1, 0.15) is 12.8 Å². The molecule has 0 bridgehead atoms. The Morgan fingerprint density at radius 1 is 1.26 bits per heavy atom. The van der Waals surface area contributed by atoms with Crippen molar-refractivity contribution < 1.29 is 19.8 Å². The quantitative estimate of drug-likeness (QED) is 0.706. The molecule has 19 heavy (non-hydrogen) atoms. The fourth-order valence-corrected chi connectivity index (χ4v) is 2.20. The van der Waals surface area contributed by atoms with Gasteiger partial charge in [0.25, 0.3) is 0 Å². The van der Waals surface area contributed by atoms with Crippen LogP contribution in [-0.4, -0.2) is 89.8 Å².